The summed E-state index contributed by atoms with van der Waals surface area (Å²) in [7, 11) is 4.75. The molecule has 0 saturated heterocycles. The largest absolute Gasteiger partial charge is 0.492 e. The van der Waals surface area contributed by atoms with E-state index in [1.165, 1.54) is 0 Å². The van der Waals surface area contributed by atoms with Gasteiger partial charge in [0.2, 0.25) is 5.75 Å². The highest BCUT2D eigenvalue weighted by atomic mass is 35.5. The Balaban J connectivity index is 3.22. The van der Waals surface area contributed by atoms with Crippen LogP contribution in [0.5, 0.6) is 17.2 Å². The number of ether oxygens (including phenoxy) is 3. The Labute approximate surface area is 126 Å². The molecule has 0 fully saturated rings. The second-order valence-corrected chi connectivity index (χ2v) is 5.41. The van der Waals surface area contributed by atoms with Crippen LogP contribution in [0.1, 0.15) is 38.2 Å². The summed E-state index contributed by atoms with van der Waals surface area (Å²) < 4.78 is 16.2. The van der Waals surface area contributed by atoms with Crippen molar-refractivity contribution >= 4 is 11.6 Å². The van der Waals surface area contributed by atoms with E-state index in [0.717, 1.165) is 18.4 Å². The van der Waals surface area contributed by atoms with Crippen LogP contribution in [0.2, 0.25) is 5.02 Å². The SMILES string of the molecule is COc1c(Cl)cc(C(C)CCC(C)N)c(OC)c1OC. The summed E-state index contributed by atoms with van der Waals surface area (Å²) >= 11 is 6.26. The Morgan fingerprint density at radius 1 is 1.00 bits per heavy atom. The highest BCUT2D eigenvalue weighted by Crippen LogP contribution is 2.47. The van der Waals surface area contributed by atoms with E-state index in [1.807, 2.05) is 13.0 Å². The molecule has 1 rings (SSSR count). The number of benzene rings is 1. The van der Waals surface area contributed by atoms with Crippen molar-refractivity contribution in [2.24, 2.45) is 5.73 Å². The van der Waals surface area contributed by atoms with Gasteiger partial charge >= 0.3 is 0 Å². The fourth-order valence-electron chi connectivity index (χ4n) is 2.23. The first-order valence-electron chi connectivity index (χ1n) is 6.70. The Morgan fingerprint density at radius 2 is 1.55 bits per heavy atom. The second kappa shape index (κ2) is 7.60. The number of methoxy groups -OCH3 is 3. The fraction of sp³-hybridized carbons (Fsp3) is 0.600. The van der Waals surface area contributed by atoms with E-state index in [4.69, 9.17) is 31.5 Å². The van der Waals surface area contributed by atoms with Gasteiger partial charge in [0, 0.05) is 11.6 Å². The third-order valence-corrected chi connectivity index (χ3v) is 3.65. The molecule has 1 aromatic rings. The van der Waals surface area contributed by atoms with Gasteiger partial charge < -0.3 is 19.9 Å². The van der Waals surface area contributed by atoms with Crippen LogP contribution >= 0.6 is 11.6 Å². The van der Waals surface area contributed by atoms with Gasteiger partial charge in [-0.25, -0.2) is 0 Å². The second-order valence-electron chi connectivity index (χ2n) is 5.00. The van der Waals surface area contributed by atoms with Crippen molar-refractivity contribution < 1.29 is 14.2 Å². The minimum Gasteiger partial charge on any atom is -0.492 e. The summed E-state index contributed by atoms with van der Waals surface area (Å²) in [6.07, 6.45) is 1.90. The normalized spacial score (nSPS) is 13.8. The van der Waals surface area contributed by atoms with E-state index < -0.39 is 0 Å². The van der Waals surface area contributed by atoms with Gasteiger partial charge in [-0.2, -0.15) is 0 Å². The van der Waals surface area contributed by atoms with Crippen molar-refractivity contribution in [3.63, 3.8) is 0 Å². The molecule has 4 nitrogen and oxygen atoms in total. The third kappa shape index (κ3) is 3.70. The molecule has 2 N–H and O–H groups in total. The maximum Gasteiger partial charge on any atom is 0.205 e. The molecule has 0 radical (unpaired) electrons. The topological polar surface area (TPSA) is 53.7 Å². The molecule has 0 bridgehead atoms. The fourth-order valence-corrected chi connectivity index (χ4v) is 2.51. The Morgan fingerprint density at radius 3 is 2.00 bits per heavy atom. The maximum absolute atomic E-state index is 6.26. The van der Waals surface area contributed by atoms with Gasteiger partial charge in [-0.1, -0.05) is 18.5 Å². The molecule has 0 aromatic heterocycles. The highest BCUT2D eigenvalue weighted by Gasteiger charge is 2.23. The van der Waals surface area contributed by atoms with Gasteiger partial charge in [0.05, 0.1) is 26.4 Å². The molecule has 0 spiro atoms. The lowest BCUT2D eigenvalue weighted by Gasteiger charge is -2.21. The van der Waals surface area contributed by atoms with Crippen molar-refractivity contribution in [3.8, 4) is 17.2 Å². The van der Waals surface area contributed by atoms with Crippen LogP contribution in [0.3, 0.4) is 0 Å². The Kier molecular flexibility index (Phi) is 6.43. The van der Waals surface area contributed by atoms with E-state index in [2.05, 4.69) is 6.92 Å². The van der Waals surface area contributed by atoms with Gasteiger partial charge in [-0.05, 0) is 31.7 Å². The van der Waals surface area contributed by atoms with E-state index >= 15 is 0 Å². The van der Waals surface area contributed by atoms with Gasteiger partial charge in [-0.3, -0.25) is 0 Å². The van der Waals surface area contributed by atoms with Crippen LogP contribution in [0.25, 0.3) is 0 Å². The van der Waals surface area contributed by atoms with Crippen molar-refractivity contribution in [1.29, 1.82) is 0 Å². The van der Waals surface area contributed by atoms with Crippen molar-refractivity contribution in [1.82, 2.24) is 0 Å². The molecule has 0 aliphatic carbocycles. The molecule has 0 amide bonds. The Bertz CT molecular complexity index is 449. The smallest absolute Gasteiger partial charge is 0.205 e. The summed E-state index contributed by atoms with van der Waals surface area (Å²) in [5.41, 5.74) is 6.83. The molecule has 1 aromatic carbocycles. The van der Waals surface area contributed by atoms with Crippen LogP contribution in [0, 0.1) is 0 Å². The van der Waals surface area contributed by atoms with E-state index in [0.29, 0.717) is 22.3 Å². The summed E-state index contributed by atoms with van der Waals surface area (Å²) in [6.45, 7) is 4.13. The summed E-state index contributed by atoms with van der Waals surface area (Å²) in [5.74, 6) is 1.97. The van der Waals surface area contributed by atoms with Crippen LogP contribution < -0.4 is 19.9 Å². The zero-order valence-corrected chi connectivity index (χ0v) is 13.6. The van der Waals surface area contributed by atoms with E-state index in [-0.39, 0.29) is 12.0 Å². The van der Waals surface area contributed by atoms with Crippen LogP contribution in [-0.4, -0.2) is 27.4 Å². The number of nitrogens with two attached hydrogens (primary N) is 1. The van der Waals surface area contributed by atoms with Gasteiger partial charge in [-0.15, -0.1) is 0 Å². The standard InChI is InChI=1S/C15H24ClNO3/c1-9(6-7-10(2)17)11-8-12(16)14(19-4)15(20-5)13(11)18-3/h8-10H,6-7,17H2,1-5H3. The molecular weight excluding hydrogens is 278 g/mol. The molecule has 2 unspecified atom stereocenters. The molecule has 114 valence electrons. The Hall–Kier alpha value is -1.13. The van der Waals surface area contributed by atoms with Gasteiger partial charge in [0.15, 0.2) is 11.5 Å². The molecule has 2 atom stereocenters. The lowest BCUT2D eigenvalue weighted by atomic mass is 9.93. The lowest BCUT2D eigenvalue weighted by Crippen LogP contribution is -2.15. The predicted octanol–water partition coefficient (Wildman–Crippen LogP) is 3.60. The summed E-state index contributed by atoms with van der Waals surface area (Å²) in [4.78, 5) is 0. The number of rotatable bonds is 7. The average Bonchev–Trinajstić information content (AvgIpc) is 2.43. The average molecular weight is 302 g/mol. The molecule has 5 heteroatoms. The number of halogens is 1. The lowest BCUT2D eigenvalue weighted by molar-refractivity contribution is 0.320. The summed E-state index contributed by atoms with van der Waals surface area (Å²) in [5, 5.41) is 0.521. The first-order valence-corrected chi connectivity index (χ1v) is 7.07. The molecular formula is C15H24ClNO3. The van der Waals surface area contributed by atoms with Crippen LogP contribution in [-0.2, 0) is 0 Å². The van der Waals surface area contributed by atoms with E-state index in [1.54, 1.807) is 21.3 Å². The molecule has 20 heavy (non-hydrogen) atoms. The van der Waals surface area contributed by atoms with Crippen molar-refractivity contribution in [3.05, 3.63) is 16.7 Å². The van der Waals surface area contributed by atoms with Crippen LogP contribution in [0.4, 0.5) is 0 Å². The predicted molar refractivity (Wildman–Crippen MR) is 82.4 cm³/mol. The first-order chi connectivity index (χ1) is 9.46. The van der Waals surface area contributed by atoms with Crippen LogP contribution in [0.15, 0.2) is 6.07 Å². The number of hydrogen-bond acceptors (Lipinski definition) is 4. The maximum atomic E-state index is 6.26. The minimum absolute atomic E-state index is 0.180. The number of hydrogen-bond donors (Lipinski definition) is 1. The van der Waals surface area contributed by atoms with Crippen molar-refractivity contribution in [2.75, 3.05) is 21.3 Å². The van der Waals surface area contributed by atoms with E-state index in [9.17, 15) is 0 Å². The first kappa shape index (κ1) is 16.9. The summed E-state index contributed by atoms with van der Waals surface area (Å²) in [6, 6.07) is 2.06. The third-order valence-electron chi connectivity index (χ3n) is 3.37. The molecule has 0 aliphatic heterocycles. The monoisotopic (exact) mass is 301 g/mol. The van der Waals surface area contributed by atoms with Crippen molar-refractivity contribution in [2.45, 2.75) is 38.6 Å². The molecule has 0 aliphatic rings. The zero-order valence-electron chi connectivity index (χ0n) is 12.8. The zero-order chi connectivity index (χ0) is 15.3. The minimum atomic E-state index is 0.180. The van der Waals surface area contributed by atoms with Gasteiger partial charge in [0.1, 0.15) is 0 Å². The molecule has 0 heterocycles. The highest BCUT2D eigenvalue weighted by molar-refractivity contribution is 6.32. The quantitative estimate of drug-likeness (QED) is 0.836. The van der Waals surface area contributed by atoms with Gasteiger partial charge in [0.25, 0.3) is 0 Å². The molecule has 0 saturated carbocycles.